The first-order valence-electron chi connectivity index (χ1n) is 9.91. The molecule has 1 unspecified atom stereocenters. The van der Waals surface area contributed by atoms with Gasteiger partial charge in [0.1, 0.15) is 11.8 Å². The molecule has 0 saturated heterocycles. The minimum atomic E-state index is -4.78. The zero-order valence-corrected chi connectivity index (χ0v) is 17.7. The number of alkyl halides is 3. The summed E-state index contributed by atoms with van der Waals surface area (Å²) >= 11 is 0. The van der Waals surface area contributed by atoms with E-state index in [2.05, 4.69) is 15.5 Å². The van der Waals surface area contributed by atoms with E-state index in [0.717, 1.165) is 4.68 Å². The first-order chi connectivity index (χ1) is 16.2. The number of carbonyl (C=O) groups is 1. The molecule has 2 N–H and O–H groups in total. The van der Waals surface area contributed by atoms with Gasteiger partial charge < -0.3 is 10.4 Å². The first-order valence-corrected chi connectivity index (χ1v) is 9.91. The smallest absolute Gasteiger partial charge is 0.384 e. The fourth-order valence-corrected chi connectivity index (χ4v) is 3.34. The van der Waals surface area contributed by atoms with Gasteiger partial charge >= 0.3 is 6.18 Å². The second kappa shape index (κ2) is 8.84. The summed E-state index contributed by atoms with van der Waals surface area (Å²) in [5.41, 5.74) is -0.0439. The number of amides is 1. The molecule has 1 atom stereocenters. The molecule has 2 heterocycles. The molecule has 0 aliphatic carbocycles. The molecule has 0 spiro atoms. The fourth-order valence-electron chi connectivity index (χ4n) is 3.34. The molecule has 0 aliphatic rings. The van der Waals surface area contributed by atoms with Gasteiger partial charge in [-0.2, -0.15) is 28.6 Å². The number of hydrogen-bond donors (Lipinski definition) is 2. The van der Waals surface area contributed by atoms with Gasteiger partial charge in [-0.05, 0) is 35.9 Å². The van der Waals surface area contributed by atoms with E-state index in [-0.39, 0.29) is 22.6 Å². The summed E-state index contributed by atoms with van der Waals surface area (Å²) in [6.07, 6.45) is -2.65. The number of halogens is 3. The molecule has 0 bridgehead atoms. The molecule has 1 amide bonds. The average molecular weight is 466 g/mol. The Balaban J connectivity index is 1.67. The van der Waals surface area contributed by atoms with E-state index in [1.165, 1.54) is 41.2 Å². The number of benzene rings is 2. The first kappa shape index (κ1) is 22.8. The van der Waals surface area contributed by atoms with Crippen LogP contribution in [0, 0.1) is 11.3 Å². The highest BCUT2D eigenvalue weighted by atomic mass is 19.4. The predicted molar refractivity (Wildman–Crippen MR) is 115 cm³/mol. The molecule has 0 aliphatic heterocycles. The molecular weight excluding hydrogens is 449 g/mol. The van der Waals surface area contributed by atoms with Crippen LogP contribution in [0.25, 0.3) is 5.69 Å². The molecule has 4 aromatic rings. The van der Waals surface area contributed by atoms with Gasteiger partial charge in [-0.25, -0.2) is 4.68 Å². The van der Waals surface area contributed by atoms with Crippen molar-refractivity contribution in [3.8, 4) is 11.8 Å². The second-order valence-corrected chi connectivity index (χ2v) is 7.42. The van der Waals surface area contributed by atoms with E-state index in [1.807, 2.05) is 6.07 Å². The van der Waals surface area contributed by atoms with Crippen LogP contribution < -0.4 is 5.32 Å². The van der Waals surface area contributed by atoms with Crippen LogP contribution in [-0.4, -0.2) is 30.6 Å². The van der Waals surface area contributed by atoms with Crippen molar-refractivity contribution < 1.29 is 23.1 Å². The topological polar surface area (TPSA) is 109 Å². The van der Waals surface area contributed by atoms with Crippen molar-refractivity contribution in [3.05, 3.63) is 95.1 Å². The zero-order chi connectivity index (χ0) is 24.5. The Labute approximate surface area is 191 Å². The van der Waals surface area contributed by atoms with Gasteiger partial charge in [0, 0.05) is 30.6 Å². The maximum atomic E-state index is 13.3. The summed E-state index contributed by atoms with van der Waals surface area (Å²) in [6.45, 7) is 0. The number of aromatic nitrogens is 4. The van der Waals surface area contributed by atoms with E-state index in [4.69, 9.17) is 5.26 Å². The Kier molecular flexibility index (Phi) is 5.91. The van der Waals surface area contributed by atoms with E-state index in [9.17, 15) is 23.1 Å². The minimum absolute atomic E-state index is 0.125. The number of aliphatic hydroxyl groups excluding tert-OH is 1. The van der Waals surface area contributed by atoms with Gasteiger partial charge in [0.25, 0.3) is 5.91 Å². The number of nitrogens with one attached hydrogen (secondary N) is 1. The van der Waals surface area contributed by atoms with Crippen molar-refractivity contribution in [1.82, 2.24) is 19.6 Å². The van der Waals surface area contributed by atoms with Gasteiger partial charge in [-0.1, -0.05) is 18.2 Å². The molecule has 0 saturated carbocycles. The maximum Gasteiger partial charge on any atom is 0.435 e. The van der Waals surface area contributed by atoms with Gasteiger partial charge in [-0.3, -0.25) is 9.48 Å². The minimum Gasteiger partial charge on any atom is -0.384 e. The lowest BCUT2D eigenvalue weighted by Crippen LogP contribution is -2.17. The number of aryl methyl sites for hydroxylation is 1. The highest BCUT2D eigenvalue weighted by Crippen LogP contribution is 2.30. The van der Waals surface area contributed by atoms with Crippen molar-refractivity contribution in [2.24, 2.45) is 7.05 Å². The van der Waals surface area contributed by atoms with E-state index in [1.54, 1.807) is 31.4 Å². The predicted octanol–water partition coefficient (Wildman–Crippen LogP) is 3.83. The molecular formula is C23H17F3N6O2. The lowest BCUT2D eigenvalue weighted by atomic mass is 10.0. The SMILES string of the molecule is Cn1cc(C(O)c2cccc(NC(=O)c3cc(C(F)(F)F)nn3-c3cccc(C#N)c3)c2)cn1. The summed E-state index contributed by atoms with van der Waals surface area (Å²) < 4.78 is 42.4. The van der Waals surface area contributed by atoms with Crippen LogP contribution in [0.15, 0.2) is 67.0 Å². The fraction of sp³-hybridized carbons (Fsp3) is 0.130. The van der Waals surface area contributed by atoms with Crippen molar-refractivity contribution in [2.75, 3.05) is 5.32 Å². The Morgan fingerprint density at radius 1 is 1.15 bits per heavy atom. The van der Waals surface area contributed by atoms with Gasteiger partial charge in [-0.15, -0.1) is 0 Å². The molecule has 2 aromatic carbocycles. The Bertz CT molecular complexity index is 1400. The van der Waals surface area contributed by atoms with Crippen LogP contribution >= 0.6 is 0 Å². The molecule has 11 heteroatoms. The van der Waals surface area contributed by atoms with Crippen molar-refractivity contribution in [3.63, 3.8) is 0 Å². The summed E-state index contributed by atoms with van der Waals surface area (Å²) in [5, 5.41) is 29.8. The van der Waals surface area contributed by atoms with Gasteiger partial charge in [0.2, 0.25) is 0 Å². The van der Waals surface area contributed by atoms with Gasteiger partial charge in [0.15, 0.2) is 5.69 Å². The zero-order valence-electron chi connectivity index (χ0n) is 17.7. The van der Waals surface area contributed by atoms with E-state index < -0.39 is 23.9 Å². The molecule has 0 radical (unpaired) electrons. The number of aliphatic hydroxyl groups is 1. The Morgan fingerprint density at radius 2 is 1.91 bits per heavy atom. The molecule has 172 valence electrons. The second-order valence-electron chi connectivity index (χ2n) is 7.42. The van der Waals surface area contributed by atoms with Crippen LogP contribution in [-0.2, 0) is 13.2 Å². The summed E-state index contributed by atoms with van der Waals surface area (Å²) in [7, 11) is 1.71. The third kappa shape index (κ3) is 4.67. The number of hydrogen-bond acceptors (Lipinski definition) is 5. The van der Waals surface area contributed by atoms with Crippen molar-refractivity contribution in [1.29, 1.82) is 5.26 Å². The van der Waals surface area contributed by atoms with E-state index in [0.29, 0.717) is 17.2 Å². The molecule has 2 aromatic heterocycles. The third-order valence-electron chi connectivity index (χ3n) is 4.95. The lowest BCUT2D eigenvalue weighted by Gasteiger charge is -2.12. The lowest BCUT2D eigenvalue weighted by molar-refractivity contribution is -0.141. The largest absolute Gasteiger partial charge is 0.435 e. The quantitative estimate of drug-likeness (QED) is 0.465. The monoisotopic (exact) mass is 466 g/mol. The molecule has 34 heavy (non-hydrogen) atoms. The standard InChI is InChI=1S/C23H17F3N6O2/c1-31-13-16(12-28-31)21(33)15-5-3-6-17(9-15)29-22(34)19-10-20(23(24,25)26)30-32(19)18-7-2-4-14(8-18)11-27/h2-10,12-13,21,33H,1H3,(H,29,34). The Morgan fingerprint density at radius 3 is 2.59 bits per heavy atom. The highest BCUT2D eigenvalue weighted by molar-refractivity contribution is 6.03. The number of nitriles is 1. The number of nitrogens with zero attached hydrogens (tertiary/aromatic N) is 5. The van der Waals surface area contributed by atoms with Crippen molar-refractivity contribution >= 4 is 11.6 Å². The molecule has 4 rings (SSSR count). The third-order valence-corrected chi connectivity index (χ3v) is 4.95. The number of anilines is 1. The molecule has 0 fully saturated rings. The van der Waals surface area contributed by atoms with Gasteiger partial charge in [0.05, 0.1) is 23.5 Å². The van der Waals surface area contributed by atoms with Crippen LogP contribution in [0.5, 0.6) is 0 Å². The van der Waals surface area contributed by atoms with Crippen LogP contribution in [0.4, 0.5) is 18.9 Å². The summed E-state index contributed by atoms with van der Waals surface area (Å²) in [5.74, 6) is -0.849. The number of carbonyl (C=O) groups excluding carboxylic acids is 1. The Hall–Kier alpha value is -4.43. The van der Waals surface area contributed by atoms with Crippen molar-refractivity contribution in [2.45, 2.75) is 12.3 Å². The average Bonchev–Trinajstić information content (AvgIpc) is 3.46. The summed E-state index contributed by atoms with van der Waals surface area (Å²) in [6, 6.07) is 14.6. The number of rotatable bonds is 5. The normalized spacial score (nSPS) is 12.2. The van der Waals surface area contributed by atoms with Crippen LogP contribution in [0.1, 0.15) is 39.0 Å². The van der Waals surface area contributed by atoms with Crippen LogP contribution in [0.3, 0.4) is 0 Å². The molecule has 8 nitrogen and oxygen atoms in total. The highest BCUT2D eigenvalue weighted by Gasteiger charge is 2.36. The summed E-state index contributed by atoms with van der Waals surface area (Å²) in [4.78, 5) is 13.0. The maximum absolute atomic E-state index is 13.3. The van der Waals surface area contributed by atoms with Crippen LogP contribution in [0.2, 0.25) is 0 Å². The van der Waals surface area contributed by atoms with E-state index >= 15 is 0 Å².